The number of benzene rings is 1. The van der Waals surface area contributed by atoms with Crippen LogP contribution in [0.4, 0.5) is 5.69 Å². The fourth-order valence-electron chi connectivity index (χ4n) is 3.03. The summed E-state index contributed by atoms with van der Waals surface area (Å²) in [5, 5.41) is 46.3. The number of nitrogens with two attached hydrogens (primary N) is 1. The van der Waals surface area contributed by atoms with E-state index in [1.165, 1.54) is 25.1 Å². The van der Waals surface area contributed by atoms with Gasteiger partial charge in [0.05, 0.1) is 4.90 Å². The highest BCUT2D eigenvalue weighted by Gasteiger charge is 2.25. The minimum Gasteiger partial charge on any atom is -0.507 e. The van der Waals surface area contributed by atoms with Crippen molar-refractivity contribution in [2.75, 3.05) is 17.6 Å². The predicted octanol–water partition coefficient (Wildman–Crippen LogP) is -1.33. The molecule has 17 heteroatoms. The van der Waals surface area contributed by atoms with Crippen molar-refractivity contribution in [3.63, 3.8) is 0 Å². The first-order chi connectivity index (χ1) is 18.7. The number of hydrogen-bond acceptors (Lipinski definition) is 10. The number of aliphatic carboxylic acids is 3. The predicted molar refractivity (Wildman–Crippen MR) is 139 cm³/mol. The molecule has 220 valence electrons. The summed E-state index contributed by atoms with van der Waals surface area (Å²) in [5.74, 6) is -7.28. The van der Waals surface area contributed by atoms with Gasteiger partial charge in [-0.05, 0) is 31.0 Å². The number of nitrogens with one attached hydrogen (secondary N) is 4. The normalized spacial score (nSPS) is 12.8. The minimum atomic E-state index is -1.50. The second-order valence-electron chi connectivity index (χ2n) is 8.39. The van der Waals surface area contributed by atoms with Crippen LogP contribution in [0.25, 0.3) is 0 Å². The maximum absolute atomic E-state index is 12.6. The summed E-state index contributed by atoms with van der Waals surface area (Å²) in [6.07, 6.45) is -1.43. The maximum atomic E-state index is 12.6. The molecule has 0 aliphatic carbocycles. The van der Waals surface area contributed by atoms with Crippen LogP contribution in [0, 0.1) is 0 Å². The van der Waals surface area contributed by atoms with Crippen molar-refractivity contribution >= 4 is 59.0 Å². The number of carbonyl (C=O) groups excluding carboxylic acids is 4. The molecule has 0 fully saturated rings. The van der Waals surface area contributed by atoms with Gasteiger partial charge in [-0.3, -0.25) is 28.8 Å². The number of amides is 4. The molecule has 0 saturated carbocycles. The molecule has 0 radical (unpaired) electrons. The molecular formula is C23H31N5O11S. The summed E-state index contributed by atoms with van der Waals surface area (Å²) in [6.45, 7) is 0.547. The first-order valence-corrected chi connectivity index (χ1v) is 12.7. The van der Waals surface area contributed by atoms with Crippen LogP contribution in [0.5, 0.6) is 5.75 Å². The van der Waals surface area contributed by atoms with E-state index in [9.17, 15) is 43.8 Å². The Morgan fingerprint density at radius 1 is 0.900 bits per heavy atom. The molecule has 0 saturated heterocycles. The summed E-state index contributed by atoms with van der Waals surface area (Å²) < 4.78 is 0. The molecule has 4 amide bonds. The molecule has 1 aromatic carbocycles. The largest absolute Gasteiger partial charge is 0.507 e. The Morgan fingerprint density at radius 3 is 2.05 bits per heavy atom. The van der Waals surface area contributed by atoms with Crippen LogP contribution in [0.2, 0.25) is 0 Å². The Bertz CT molecular complexity index is 1130. The zero-order valence-electron chi connectivity index (χ0n) is 21.3. The number of phenols is 1. The molecule has 1 rings (SSSR count). The Kier molecular flexibility index (Phi) is 13.9. The fourth-order valence-corrected chi connectivity index (χ4v) is 4.04. The number of carboxylic acid groups (broad SMARTS) is 3. The average molecular weight is 586 g/mol. The second-order valence-corrected chi connectivity index (χ2v) is 9.45. The van der Waals surface area contributed by atoms with Crippen LogP contribution < -0.4 is 27.0 Å². The summed E-state index contributed by atoms with van der Waals surface area (Å²) in [7, 11) is 0. The minimum absolute atomic E-state index is 0.181. The topological polar surface area (TPSA) is 275 Å². The van der Waals surface area contributed by atoms with Crippen LogP contribution in [0.3, 0.4) is 0 Å². The van der Waals surface area contributed by atoms with Crippen molar-refractivity contribution in [1.29, 1.82) is 0 Å². The number of rotatable bonds is 17. The zero-order chi connectivity index (χ0) is 30.4. The van der Waals surface area contributed by atoms with Gasteiger partial charge in [0.25, 0.3) is 0 Å². The van der Waals surface area contributed by atoms with Crippen LogP contribution in [0.1, 0.15) is 32.6 Å². The van der Waals surface area contributed by atoms with E-state index >= 15 is 0 Å². The molecule has 0 heterocycles. The Hall–Kier alpha value is -4.38. The van der Waals surface area contributed by atoms with Crippen LogP contribution >= 0.6 is 11.8 Å². The van der Waals surface area contributed by atoms with E-state index in [0.717, 1.165) is 11.8 Å². The third kappa shape index (κ3) is 12.9. The Morgan fingerprint density at radius 2 is 1.50 bits per heavy atom. The molecule has 0 spiro atoms. The van der Waals surface area contributed by atoms with Gasteiger partial charge in [-0.2, -0.15) is 0 Å². The van der Waals surface area contributed by atoms with Gasteiger partial charge in [-0.1, -0.05) is 0 Å². The maximum Gasteiger partial charge on any atom is 0.326 e. The van der Waals surface area contributed by atoms with Crippen LogP contribution in [-0.4, -0.2) is 92.4 Å². The van der Waals surface area contributed by atoms with Crippen LogP contribution in [-0.2, 0) is 33.6 Å². The van der Waals surface area contributed by atoms with E-state index < -0.39 is 66.7 Å². The lowest BCUT2D eigenvalue weighted by Crippen LogP contribution is -2.49. The molecule has 16 nitrogen and oxygen atoms in total. The molecule has 0 bridgehead atoms. The van der Waals surface area contributed by atoms with E-state index in [2.05, 4.69) is 21.3 Å². The van der Waals surface area contributed by atoms with Gasteiger partial charge in [0.1, 0.15) is 30.4 Å². The van der Waals surface area contributed by atoms with Gasteiger partial charge in [0, 0.05) is 31.2 Å². The molecule has 0 aliphatic heterocycles. The van der Waals surface area contributed by atoms with E-state index in [1.54, 1.807) is 0 Å². The van der Waals surface area contributed by atoms with Gasteiger partial charge in [0.15, 0.2) is 0 Å². The lowest BCUT2D eigenvalue weighted by atomic mass is 10.1. The smallest absolute Gasteiger partial charge is 0.326 e. The van der Waals surface area contributed by atoms with Crippen molar-refractivity contribution in [2.45, 2.75) is 55.6 Å². The first kappa shape index (κ1) is 33.6. The number of phenolic OH excluding ortho intramolecular Hbond substituents is 1. The van der Waals surface area contributed by atoms with E-state index in [0.29, 0.717) is 5.69 Å². The number of anilines is 1. The van der Waals surface area contributed by atoms with Gasteiger partial charge >= 0.3 is 17.9 Å². The van der Waals surface area contributed by atoms with Crippen molar-refractivity contribution in [3.05, 3.63) is 18.2 Å². The van der Waals surface area contributed by atoms with Gasteiger partial charge < -0.3 is 47.4 Å². The molecule has 10 N–H and O–H groups in total. The molecular weight excluding hydrogens is 554 g/mol. The third-order valence-corrected chi connectivity index (χ3v) is 6.18. The first-order valence-electron chi connectivity index (χ1n) is 11.7. The fraction of sp³-hybridized carbons (Fsp3) is 0.435. The monoisotopic (exact) mass is 585 g/mol. The van der Waals surface area contributed by atoms with E-state index in [1.807, 2.05) is 0 Å². The van der Waals surface area contributed by atoms with Crippen LogP contribution in [0.15, 0.2) is 23.1 Å². The highest BCUT2D eigenvalue weighted by Crippen LogP contribution is 2.31. The van der Waals surface area contributed by atoms with Crippen molar-refractivity contribution in [1.82, 2.24) is 16.0 Å². The Labute approximate surface area is 232 Å². The number of carboxylic acids is 3. The van der Waals surface area contributed by atoms with Gasteiger partial charge in [-0.15, -0.1) is 11.8 Å². The number of thioether (sulfide) groups is 1. The SMILES string of the molecule is CC(=O)Nc1ccc(O)c(SC[C@H](NC(=O)CC[C@H](NC(=O)CC[C@H](N)C(=O)O)C(=O)O)C(=O)NCC(=O)O)c1. The van der Waals surface area contributed by atoms with E-state index in [-0.39, 0.29) is 41.6 Å². The number of aromatic hydroxyl groups is 1. The van der Waals surface area contributed by atoms with Gasteiger partial charge in [-0.25, -0.2) is 4.79 Å². The number of carbonyl (C=O) groups is 7. The summed E-state index contributed by atoms with van der Waals surface area (Å²) in [5.41, 5.74) is 5.67. The third-order valence-electron chi connectivity index (χ3n) is 5.04. The highest BCUT2D eigenvalue weighted by molar-refractivity contribution is 7.99. The standard InChI is InChI=1S/C23H31N5O11S/c1-11(29)26-12-2-5-16(30)17(8-12)40-10-15(21(35)25-9-20(33)34)28-19(32)7-4-14(23(38)39)27-18(31)6-3-13(24)22(36)37/h2,5,8,13-15,30H,3-4,6-7,9-10,24H2,1H3,(H,25,35)(H,26,29)(H,27,31)(H,28,32)(H,33,34)(H,36,37)(H,38,39)/t13-,14-,15-/m0/s1. The summed E-state index contributed by atoms with van der Waals surface area (Å²) in [6, 6.07) is 0.0621. The molecule has 0 unspecified atom stereocenters. The summed E-state index contributed by atoms with van der Waals surface area (Å²) in [4.78, 5) is 81.7. The van der Waals surface area contributed by atoms with Crippen molar-refractivity contribution in [3.8, 4) is 5.75 Å². The molecule has 1 aromatic rings. The zero-order valence-corrected chi connectivity index (χ0v) is 22.2. The Balaban J connectivity index is 2.85. The van der Waals surface area contributed by atoms with Crippen molar-refractivity contribution < 1.29 is 54.0 Å². The second kappa shape index (κ2) is 16.6. The van der Waals surface area contributed by atoms with Crippen molar-refractivity contribution in [2.24, 2.45) is 5.73 Å². The average Bonchev–Trinajstić information content (AvgIpc) is 2.86. The summed E-state index contributed by atoms with van der Waals surface area (Å²) >= 11 is 0.921. The highest BCUT2D eigenvalue weighted by atomic mass is 32.2. The lowest BCUT2D eigenvalue weighted by molar-refractivity contribution is -0.143. The molecule has 0 aromatic heterocycles. The quantitative estimate of drug-likeness (QED) is 0.0758. The molecule has 3 atom stereocenters. The van der Waals surface area contributed by atoms with E-state index in [4.69, 9.17) is 15.9 Å². The molecule has 0 aliphatic rings. The lowest BCUT2D eigenvalue weighted by Gasteiger charge is -2.19. The van der Waals surface area contributed by atoms with Gasteiger partial charge in [0.2, 0.25) is 23.6 Å². The molecule has 40 heavy (non-hydrogen) atoms. The number of hydrogen-bond donors (Lipinski definition) is 9.